The van der Waals surface area contributed by atoms with Gasteiger partial charge in [0.15, 0.2) is 11.6 Å². The topological polar surface area (TPSA) is 0 Å². The van der Waals surface area contributed by atoms with E-state index in [9.17, 15) is 8.78 Å². The van der Waals surface area contributed by atoms with Crippen LogP contribution in [0, 0.1) is 18.6 Å². The summed E-state index contributed by atoms with van der Waals surface area (Å²) in [5, 5.41) is 0.345. The fourth-order valence-electron chi connectivity index (χ4n) is 0.894. The SMILES string of the molecule is Cc1cc(F)c(F)c(CBr)c1. The Hall–Kier alpha value is -0.440. The molecule has 0 spiro atoms. The Labute approximate surface area is 72.4 Å². The molecule has 60 valence electrons. The molecule has 1 aromatic rings. The first-order chi connectivity index (χ1) is 5.15. The van der Waals surface area contributed by atoms with Crippen molar-refractivity contribution in [3.05, 3.63) is 34.9 Å². The summed E-state index contributed by atoms with van der Waals surface area (Å²) in [6, 6.07) is 2.80. The van der Waals surface area contributed by atoms with E-state index in [4.69, 9.17) is 0 Å². The summed E-state index contributed by atoms with van der Waals surface area (Å²) in [5.41, 5.74) is 1.10. The van der Waals surface area contributed by atoms with Gasteiger partial charge in [0.25, 0.3) is 0 Å². The fraction of sp³-hybridized carbons (Fsp3) is 0.250. The van der Waals surface area contributed by atoms with E-state index in [0.29, 0.717) is 10.9 Å². The molecule has 1 rings (SSSR count). The van der Waals surface area contributed by atoms with E-state index in [0.717, 1.165) is 5.56 Å². The summed E-state index contributed by atoms with van der Waals surface area (Å²) in [6.07, 6.45) is 0. The molecule has 0 aliphatic carbocycles. The van der Waals surface area contributed by atoms with Crippen molar-refractivity contribution in [3.63, 3.8) is 0 Å². The average Bonchev–Trinajstić information content (AvgIpc) is 1.96. The van der Waals surface area contributed by atoms with Crippen LogP contribution in [-0.2, 0) is 5.33 Å². The van der Waals surface area contributed by atoms with Crippen molar-refractivity contribution in [2.75, 3.05) is 0 Å². The van der Waals surface area contributed by atoms with Gasteiger partial charge >= 0.3 is 0 Å². The maximum Gasteiger partial charge on any atom is 0.162 e. The molecule has 0 saturated carbocycles. The molecule has 0 fully saturated rings. The number of hydrogen-bond acceptors (Lipinski definition) is 0. The summed E-state index contributed by atoms with van der Waals surface area (Å²) in [5.74, 6) is -1.54. The van der Waals surface area contributed by atoms with Crippen LogP contribution in [-0.4, -0.2) is 0 Å². The Balaban J connectivity index is 3.24. The van der Waals surface area contributed by atoms with E-state index in [1.54, 1.807) is 13.0 Å². The van der Waals surface area contributed by atoms with Crippen molar-refractivity contribution in [2.24, 2.45) is 0 Å². The molecule has 0 aliphatic rings. The highest BCUT2D eigenvalue weighted by atomic mass is 79.9. The van der Waals surface area contributed by atoms with Crippen LogP contribution in [0.2, 0.25) is 0 Å². The second-order valence-electron chi connectivity index (χ2n) is 2.35. The van der Waals surface area contributed by atoms with Gasteiger partial charge in [-0.2, -0.15) is 0 Å². The third kappa shape index (κ3) is 1.77. The van der Waals surface area contributed by atoms with Gasteiger partial charge in [-0.1, -0.05) is 22.0 Å². The minimum atomic E-state index is -0.778. The molecular weight excluding hydrogens is 214 g/mol. The number of alkyl halides is 1. The maximum absolute atomic E-state index is 12.8. The summed E-state index contributed by atoms with van der Waals surface area (Å²) < 4.78 is 25.4. The summed E-state index contributed by atoms with van der Waals surface area (Å²) in [7, 11) is 0. The summed E-state index contributed by atoms with van der Waals surface area (Å²) >= 11 is 3.07. The van der Waals surface area contributed by atoms with E-state index >= 15 is 0 Å². The molecule has 0 radical (unpaired) electrons. The number of aryl methyl sites for hydroxylation is 1. The second kappa shape index (κ2) is 3.30. The first-order valence-corrected chi connectivity index (χ1v) is 4.27. The molecule has 0 saturated heterocycles. The predicted molar refractivity (Wildman–Crippen MR) is 43.7 cm³/mol. The molecule has 0 atom stereocenters. The van der Waals surface area contributed by atoms with E-state index in [1.165, 1.54) is 6.07 Å². The third-order valence-electron chi connectivity index (χ3n) is 1.39. The van der Waals surface area contributed by atoms with Crippen molar-refractivity contribution < 1.29 is 8.78 Å². The first kappa shape index (κ1) is 8.65. The highest BCUT2D eigenvalue weighted by molar-refractivity contribution is 9.08. The van der Waals surface area contributed by atoms with Crippen LogP contribution in [0.1, 0.15) is 11.1 Å². The van der Waals surface area contributed by atoms with E-state index in [1.807, 2.05) is 0 Å². The molecule has 0 amide bonds. The highest BCUT2D eigenvalue weighted by Crippen LogP contribution is 2.16. The lowest BCUT2D eigenvalue weighted by molar-refractivity contribution is 0.501. The lowest BCUT2D eigenvalue weighted by atomic mass is 10.1. The van der Waals surface area contributed by atoms with E-state index < -0.39 is 11.6 Å². The van der Waals surface area contributed by atoms with Crippen LogP contribution in [0.5, 0.6) is 0 Å². The maximum atomic E-state index is 12.8. The molecule has 0 unspecified atom stereocenters. The number of halogens is 3. The van der Waals surface area contributed by atoms with Gasteiger partial charge in [-0.15, -0.1) is 0 Å². The van der Waals surface area contributed by atoms with Crippen LogP contribution in [0.25, 0.3) is 0 Å². The van der Waals surface area contributed by atoms with Crippen molar-refractivity contribution in [3.8, 4) is 0 Å². The molecular formula is C8H7BrF2. The zero-order valence-corrected chi connectivity index (χ0v) is 7.58. The Morgan fingerprint density at radius 2 is 2.00 bits per heavy atom. The van der Waals surface area contributed by atoms with Crippen LogP contribution >= 0.6 is 15.9 Å². The van der Waals surface area contributed by atoms with Gasteiger partial charge in [0.1, 0.15) is 0 Å². The van der Waals surface area contributed by atoms with Gasteiger partial charge < -0.3 is 0 Å². The van der Waals surface area contributed by atoms with Crippen LogP contribution in [0.4, 0.5) is 8.78 Å². The lowest BCUT2D eigenvalue weighted by Gasteiger charge is -2.00. The van der Waals surface area contributed by atoms with Gasteiger partial charge in [0, 0.05) is 10.9 Å². The normalized spacial score (nSPS) is 10.2. The molecule has 3 heteroatoms. The van der Waals surface area contributed by atoms with Gasteiger partial charge in [-0.05, 0) is 18.6 Å². The number of rotatable bonds is 1. The van der Waals surface area contributed by atoms with E-state index in [-0.39, 0.29) is 0 Å². The molecule has 11 heavy (non-hydrogen) atoms. The van der Waals surface area contributed by atoms with Crippen molar-refractivity contribution >= 4 is 15.9 Å². The van der Waals surface area contributed by atoms with Crippen molar-refractivity contribution in [1.82, 2.24) is 0 Å². The zero-order chi connectivity index (χ0) is 8.43. The molecule has 0 bridgehead atoms. The molecule has 0 nitrogen and oxygen atoms in total. The quantitative estimate of drug-likeness (QED) is 0.639. The minimum absolute atomic E-state index is 0.345. The average molecular weight is 221 g/mol. The molecule has 1 aromatic carbocycles. The predicted octanol–water partition coefficient (Wildman–Crippen LogP) is 3.17. The number of hydrogen-bond donors (Lipinski definition) is 0. The van der Waals surface area contributed by atoms with Gasteiger partial charge in [0.2, 0.25) is 0 Å². The standard InChI is InChI=1S/C8H7BrF2/c1-5-2-6(4-9)8(11)7(10)3-5/h2-3H,4H2,1H3. The third-order valence-corrected chi connectivity index (χ3v) is 2.00. The van der Waals surface area contributed by atoms with Crippen molar-refractivity contribution in [2.45, 2.75) is 12.3 Å². The fourth-order valence-corrected chi connectivity index (χ4v) is 1.30. The van der Waals surface area contributed by atoms with Gasteiger partial charge in [-0.3, -0.25) is 0 Å². The van der Waals surface area contributed by atoms with E-state index in [2.05, 4.69) is 15.9 Å². The minimum Gasteiger partial charge on any atom is -0.204 e. The monoisotopic (exact) mass is 220 g/mol. The zero-order valence-electron chi connectivity index (χ0n) is 6.00. The Morgan fingerprint density at radius 1 is 1.36 bits per heavy atom. The summed E-state index contributed by atoms with van der Waals surface area (Å²) in [6.45, 7) is 1.73. The molecule has 0 aliphatic heterocycles. The smallest absolute Gasteiger partial charge is 0.162 e. The van der Waals surface area contributed by atoms with Crippen molar-refractivity contribution in [1.29, 1.82) is 0 Å². The largest absolute Gasteiger partial charge is 0.204 e. The van der Waals surface area contributed by atoms with Crippen LogP contribution < -0.4 is 0 Å². The van der Waals surface area contributed by atoms with Crippen LogP contribution in [0.3, 0.4) is 0 Å². The molecule has 0 aromatic heterocycles. The molecule has 0 N–H and O–H groups in total. The molecule has 0 heterocycles. The number of benzene rings is 1. The lowest BCUT2D eigenvalue weighted by Crippen LogP contribution is -1.92. The Bertz CT molecular complexity index is 271. The van der Waals surface area contributed by atoms with Gasteiger partial charge in [0.05, 0.1) is 0 Å². The Morgan fingerprint density at radius 3 is 2.55 bits per heavy atom. The van der Waals surface area contributed by atoms with Crippen LogP contribution in [0.15, 0.2) is 12.1 Å². The highest BCUT2D eigenvalue weighted by Gasteiger charge is 2.07. The summed E-state index contributed by atoms with van der Waals surface area (Å²) in [4.78, 5) is 0. The van der Waals surface area contributed by atoms with Gasteiger partial charge in [-0.25, -0.2) is 8.78 Å². The second-order valence-corrected chi connectivity index (χ2v) is 2.91. The Kier molecular flexibility index (Phi) is 2.60. The first-order valence-electron chi connectivity index (χ1n) is 3.15.